The van der Waals surface area contributed by atoms with Gasteiger partial charge in [0.2, 0.25) is 0 Å². The first kappa shape index (κ1) is 11.2. The molecule has 0 aliphatic heterocycles. The molecule has 0 aromatic heterocycles. The minimum atomic E-state index is -5.08. The highest BCUT2D eigenvalue weighted by atomic mass is 35.5. The third kappa shape index (κ3) is 5.93. The van der Waals surface area contributed by atoms with E-state index in [2.05, 4.69) is 0 Å². The molecule has 0 saturated carbocycles. The second-order valence-corrected chi connectivity index (χ2v) is 3.02. The topological polar surface area (TPSA) is 83.5 Å². The number of halogens is 2. The number of hydrogen-bond acceptors (Lipinski definition) is 4. The van der Waals surface area contributed by atoms with Crippen LogP contribution in [-0.2, 0) is 15.2 Å². The van der Waals surface area contributed by atoms with Crippen LogP contribution in [0.3, 0.4) is 0 Å². The second kappa shape index (κ2) is 4.27. The van der Waals surface area contributed by atoms with E-state index in [1.165, 1.54) is 0 Å². The van der Waals surface area contributed by atoms with E-state index in [0.717, 1.165) is 4.72 Å². The monoisotopic (exact) mass is 217 g/mol. The summed E-state index contributed by atoms with van der Waals surface area (Å²) in [6.45, 7) is 0. The van der Waals surface area contributed by atoms with Crippen LogP contribution >= 0.6 is 11.6 Å². The van der Waals surface area contributed by atoms with Gasteiger partial charge in [-0.3, -0.25) is 4.79 Å². The highest BCUT2D eigenvalue weighted by molar-refractivity contribution is 7.84. The lowest BCUT2D eigenvalue weighted by atomic mass is 10.5. The van der Waals surface area contributed by atoms with E-state index in [1.807, 2.05) is 0 Å². The Morgan fingerprint density at radius 3 is 2.50 bits per heavy atom. The van der Waals surface area contributed by atoms with Crippen LogP contribution in [0.25, 0.3) is 0 Å². The molecule has 0 atom stereocenters. The van der Waals surface area contributed by atoms with E-state index < -0.39 is 22.1 Å². The lowest BCUT2D eigenvalue weighted by Crippen LogP contribution is -2.25. The number of nitrogens with one attached hydrogen (secondary N) is 1. The van der Waals surface area contributed by atoms with Gasteiger partial charge in [-0.1, -0.05) is 3.89 Å². The molecule has 0 rings (SSSR count). The van der Waals surface area contributed by atoms with Gasteiger partial charge in [-0.2, -0.15) is 8.42 Å². The molecule has 0 aliphatic carbocycles. The fraction of sp³-hybridized carbons (Fsp3) is 0.250. The van der Waals surface area contributed by atoms with Gasteiger partial charge in [0.25, 0.3) is 5.91 Å². The van der Waals surface area contributed by atoms with Crippen molar-refractivity contribution in [3.05, 3.63) is 11.8 Å². The van der Waals surface area contributed by atoms with Crippen LogP contribution in [0.4, 0.5) is 3.89 Å². The molecule has 1 amide bonds. The summed E-state index contributed by atoms with van der Waals surface area (Å²) in [5.74, 6) is -2.21. The van der Waals surface area contributed by atoms with E-state index >= 15 is 0 Å². The normalized spacial score (nSPS) is 12.7. The molecule has 0 bridgehead atoms. The third-order valence-corrected chi connectivity index (χ3v) is 1.38. The van der Waals surface area contributed by atoms with Crippen molar-refractivity contribution in [3.8, 4) is 0 Å². The van der Waals surface area contributed by atoms with Crippen LogP contribution in [0.15, 0.2) is 11.8 Å². The maximum absolute atomic E-state index is 11.7. The largest absolute Gasteiger partial charge is 0.511 e. The molecule has 0 radical (unpaired) electrons. The predicted molar refractivity (Wildman–Crippen MR) is 39.6 cm³/mol. The molecule has 0 fully saturated rings. The summed E-state index contributed by atoms with van der Waals surface area (Å²) in [5.41, 5.74) is 0. The molecule has 0 spiro atoms. The Labute approximate surface area is 73.2 Å². The molecule has 0 heterocycles. The van der Waals surface area contributed by atoms with Gasteiger partial charge in [0.05, 0.1) is 5.88 Å². The van der Waals surface area contributed by atoms with Crippen molar-refractivity contribution in [1.29, 1.82) is 0 Å². The van der Waals surface area contributed by atoms with Gasteiger partial charge in [-0.25, -0.2) is 4.72 Å². The Morgan fingerprint density at radius 1 is 1.67 bits per heavy atom. The lowest BCUT2D eigenvalue weighted by molar-refractivity contribution is -0.115. The molecule has 0 saturated heterocycles. The van der Waals surface area contributed by atoms with Gasteiger partial charge in [0, 0.05) is 6.08 Å². The van der Waals surface area contributed by atoms with Crippen LogP contribution in [0.2, 0.25) is 0 Å². The first-order chi connectivity index (χ1) is 5.35. The minimum Gasteiger partial charge on any atom is -0.511 e. The maximum atomic E-state index is 11.7. The molecule has 5 nitrogen and oxygen atoms in total. The summed E-state index contributed by atoms with van der Waals surface area (Å²) in [6.07, 6.45) is 0.462. The number of allylic oxidation sites excluding steroid dienone is 1. The zero-order valence-electron chi connectivity index (χ0n) is 5.62. The van der Waals surface area contributed by atoms with E-state index in [0.29, 0.717) is 6.08 Å². The highest BCUT2D eigenvalue weighted by Crippen LogP contribution is 1.92. The van der Waals surface area contributed by atoms with Gasteiger partial charge in [0.1, 0.15) is 5.76 Å². The number of amides is 1. The first-order valence-corrected chi connectivity index (χ1v) is 4.49. The van der Waals surface area contributed by atoms with Crippen LogP contribution in [-0.4, -0.2) is 25.3 Å². The van der Waals surface area contributed by atoms with Crippen molar-refractivity contribution < 1.29 is 22.2 Å². The first-order valence-electron chi connectivity index (χ1n) is 2.57. The Hall–Kier alpha value is -0.820. The van der Waals surface area contributed by atoms with Crippen molar-refractivity contribution in [2.45, 2.75) is 0 Å². The molecular formula is C4H5ClFNO4S. The average molecular weight is 218 g/mol. The number of hydrogen-bond donors (Lipinski definition) is 2. The van der Waals surface area contributed by atoms with Gasteiger partial charge in [0.15, 0.2) is 0 Å². The van der Waals surface area contributed by atoms with Gasteiger partial charge in [-0.15, -0.1) is 11.6 Å². The fourth-order valence-corrected chi connectivity index (χ4v) is 0.716. The summed E-state index contributed by atoms with van der Waals surface area (Å²) in [4.78, 5) is 10.4. The summed E-state index contributed by atoms with van der Waals surface area (Å²) >= 11 is 5.03. The lowest BCUT2D eigenvalue weighted by Gasteiger charge is -1.94. The Kier molecular flexibility index (Phi) is 3.98. The van der Waals surface area contributed by atoms with E-state index in [-0.39, 0.29) is 5.88 Å². The Bertz CT molecular complexity index is 298. The van der Waals surface area contributed by atoms with Crippen molar-refractivity contribution in [1.82, 2.24) is 4.72 Å². The molecule has 12 heavy (non-hydrogen) atoms. The van der Waals surface area contributed by atoms with Crippen molar-refractivity contribution >= 4 is 27.9 Å². The van der Waals surface area contributed by atoms with Crippen LogP contribution < -0.4 is 4.72 Å². The van der Waals surface area contributed by atoms with Crippen LogP contribution in [0.1, 0.15) is 0 Å². The van der Waals surface area contributed by atoms with Crippen molar-refractivity contribution in [2.75, 3.05) is 5.88 Å². The van der Waals surface area contributed by atoms with E-state index in [9.17, 15) is 17.1 Å². The molecule has 8 heteroatoms. The molecule has 0 aliphatic rings. The minimum absolute atomic E-state index is 0.361. The quantitative estimate of drug-likeness (QED) is 0.302. The van der Waals surface area contributed by atoms with Gasteiger partial charge < -0.3 is 5.11 Å². The molecule has 0 unspecified atom stereocenters. The Balaban J connectivity index is 4.27. The zero-order chi connectivity index (χ0) is 9.78. The molecule has 70 valence electrons. The summed E-state index contributed by atoms with van der Waals surface area (Å²) in [7, 11) is -5.08. The highest BCUT2D eigenvalue weighted by Gasteiger charge is 2.10. The second-order valence-electron chi connectivity index (χ2n) is 1.67. The summed E-state index contributed by atoms with van der Waals surface area (Å²) < 4.78 is 32.2. The van der Waals surface area contributed by atoms with Gasteiger partial charge >= 0.3 is 10.4 Å². The fourth-order valence-electron chi connectivity index (χ4n) is 0.340. The smallest absolute Gasteiger partial charge is 0.399 e. The van der Waals surface area contributed by atoms with Crippen molar-refractivity contribution in [3.63, 3.8) is 0 Å². The maximum Gasteiger partial charge on any atom is 0.399 e. The van der Waals surface area contributed by atoms with E-state index in [1.54, 1.807) is 0 Å². The van der Waals surface area contributed by atoms with Crippen molar-refractivity contribution in [2.24, 2.45) is 0 Å². The number of rotatable bonds is 3. The third-order valence-electron chi connectivity index (χ3n) is 0.657. The zero-order valence-corrected chi connectivity index (χ0v) is 7.19. The predicted octanol–water partition coefficient (Wildman–Crippen LogP) is -0.00240. The number of aliphatic hydroxyl groups excluding tert-OH is 1. The number of carbonyl (C=O) groups excluding carboxylic acids is 1. The summed E-state index contributed by atoms with van der Waals surface area (Å²) in [6, 6.07) is 0. The molecular weight excluding hydrogens is 213 g/mol. The molecule has 0 aromatic carbocycles. The standard InChI is InChI=1S/C4H5ClFNO4S/c5-2-3(8)1-4(9)7-12(6,10)11/h1,8H,2H2,(H,7,9)/b3-1-. The molecule has 2 N–H and O–H groups in total. The van der Waals surface area contributed by atoms with Crippen LogP contribution in [0.5, 0.6) is 0 Å². The summed E-state index contributed by atoms with van der Waals surface area (Å²) in [5, 5.41) is 8.58. The molecule has 0 aromatic rings. The average Bonchev–Trinajstić information content (AvgIpc) is 1.82. The van der Waals surface area contributed by atoms with Crippen LogP contribution in [0, 0.1) is 0 Å². The van der Waals surface area contributed by atoms with E-state index in [4.69, 9.17) is 16.7 Å². The SMILES string of the molecule is O=C(/C=C(\O)CCl)NS(=O)(=O)F. The number of carbonyl (C=O) groups is 1. The number of alkyl halides is 1. The van der Waals surface area contributed by atoms with Gasteiger partial charge in [-0.05, 0) is 0 Å². The Morgan fingerprint density at radius 2 is 2.17 bits per heavy atom. The number of aliphatic hydroxyl groups is 1.